The number of benzene rings is 1. The SMILES string of the molecule is Cc1oc(C(=O)N(C)Cc2nc3ccccc3c(=O)[nH]2)cc1S(=O)(=O)N1CCCC1. The maximum atomic E-state index is 12.8. The first-order valence-corrected chi connectivity index (χ1v) is 11.1. The number of nitrogens with zero attached hydrogens (tertiary/aromatic N) is 3. The lowest BCUT2D eigenvalue weighted by Gasteiger charge is -2.15. The molecule has 158 valence electrons. The van der Waals surface area contributed by atoms with Gasteiger partial charge in [0.25, 0.3) is 11.5 Å². The van der Waals surface area contributed by atoms with Crippen LogP contribution in [0.25, 0.3) is 10.9 Å². The van der Waals surface area contributed by atoms with E-state index in [1.807, 2.05) is 0 Å². The summed E-state index contributed by atoms with van der Waals surface area (Å²) in [6, 6.07) is 8.20. The molecule has 1 aliphatic rings. The third kappa shape index (κ3) is 3.63. The number of fused-ring (bicyclic) bond motifs is 1. The number of carbonyl (C=O) groups excluding carboxylic acids is 1. The molecule has 30 heavy (non-hydrogen) atoms. The third-order valence-electron chi connectivity index (χ3n) is 5.16. The summed E-state index contributed by atoms with van der Waals surface area (Å²) in [5, 5.41) is 0.466. The fraction of sp³-hybridized carbons (Fsp3) is 0.350. The fourth-order valence-corrected chi connectivity index (χ4v) is 5.27. The predicted octanol–water partition coefficient (Wildman–Crippen LogP) is 1.88. The highest BCUT2D eigenvalue weighted by Crippen LogP contribution is 2.27. The van der Waals surface area contributed by atoms with Crippen molar-refractivity contribution in [2.75, 3.05) is 20.1 Å². The van der Waals surface area contributed by atoms with E-state index in [0.717, 1.165) is 12.8 Å². The summed E-state index contributed by atoms with van der Waals surface area (Å²) in [6.07, 6.45) is 1.64. The van der Waals surface area contributed by atoms with Gasteiger partial charge < -0.3 is 14.3 Å². The number of rotatable bonds is 5. The quantitative estimate of drug-likeness (QED) is 0.661. The highest BCUT2D eigenvalue weighted by Gasteiger charge is 2.32. The second kappa shape index (κ2) is 7.69. The molecule has 0 atom stereocenters. The van der Waals surface area contributed by atoms with Crippen molar-refractivity contribution in [2.45, 2.75) is 31.2 Å². The number of nitrogens with one attached hydrogen (secondary N) is 1. The number of sulfonamides is 1. The van der Waals surface area contributed by atoms with Gasteiger partial charge in [0, 0.05) is 26.2 Å². The van der Waals surface area contributed by atoms with Gasteiger partial charge in [-0.05, 0) is 31.9 Å². The highest BCUT2D eigenvalue weighted by atomic mass is 32.2. The standard InChI is InChI=1S/C20H22N4O5S/c1-13-17(30(27,28)24-9-5-6-10-24)11-16(29-13)20(26)23(2)12-18-21-15-8-4-3-7-14(15)19(25)22-18/h3-4,7-8,11H,5-6,9-10,12H2,1-2H3,(H,21,22,25). The van der Waals surface area contributed by atoms with E-state index in [-0.39, 0.29) is 28.5 Å². The molecule has 0 saturated carbocycles. The Bertz CT molecular complexity index is 1270. The number of furan rings is 1. The van der Waals surface area contributed by atoms with Crippen molar-refractivity contribution < 1.29 is 17.6 Å². The van der Waals surface area contributed by atoms with Crippen LogP contribution >= 0.6 is 0 Å². The smallest absolute Gasteiger partial charge is 0.289 e. The molecule has 3 aromatic rings. The second-order valence-corrected chi connectivity index (χ2v) is 9.24. The van der Waals surface area contributed by atoms with Gasteiger partial charge in [-0.2, -0.15) is 4.31 Å². The molecule has 1 amide bonds. The molecule has 0 bridgehead atoms. The number of aryl methyl sites for hydroxylation is 1. The van der Waals surface area contributed by atoms with Crippen LogP contribution < -0.4 is 5.56 Å². The van der Waals surface area contributed by atoms with Crippen LogP contribution in [0.5, 0.6) is 0 Å². The van der Waals surface area contributed by atoms with E-state index < -0.39 is 15.9 Å². The van der Waals surface area contributed by atoms with Crippen LogP contribution in [0.1, 0.15) is 35.0 Å². The molecule has 1 saturated heterocycles. The molecule has 2 aromatic heterocycles. The van der Waals surface area contributed by atoms with Crippen LogP contribution in [-0.2, 0) is 16.6 Å². The van der Waals surface area contributed by atoms with Crippen LogP contribution in [0, 0.1) is 6.92 Å². The minimum Gasteiger partial charge on any atom is -0.455 e. The molecule has 1 fully saturated rings. The zero-order valence-electron chi connectivity index (χ0n) is 16.7. The van der Waals surface area contributed by atoms with E-state index in [9.17, 15) is 18.0 Å². The number of carbonyl (C=O) groups is 1. The lowest BCUT2D eigenvalue weighted by atomic mass is 10.2. The molecule has 9 nitrogen and oxygen atoms in total. The molecule has 0 aliphatic carbocycles. The first kappa shape index (κ1) is 20.3. The van der Waals surface area contributed by atoms with Crippen LogP contribution in [-0.4, -0.2) is 53.6 Å². The normalized spacial score (nSPS) is 15.0. The molecule has 4 rings (SSSR count). The number of aromatic nitrogens is 2. The monoisotopic (exact) mass is 430 g/mol. The Hall–Kier alpha value is -2.98. The van der Waals surface area contributed by atoms with Crippen molar-refractivity contribution in [3.8, 4) is 0 Å². The van der Waals surface area contributed by atoms with Crippen molar-refractivity contribution in [1.82, 2.24) is 19.2 Å². The first-order valence-electron chi connectivity index (χ1n) is 9.61. The molecule has 0 spiro atoms. The van der Waals surface area contributed by atoms with Gasteiger partial charge in [0.1, 0.15) is 16.5 Å². The largest absolute Gasteiger partial charge is 0.455 e. The van der Waals surface area contributed by atoms with Gasteiger partial charge >= 0.3 is 0 Å². The molecular formula is C20H22N4O5S. The van der Waals surface area contributed by atoms with E-state index in [1.54, 1.807) is 24.3 Å². The third-order valence-corrected chi connectivity index (χ3v) is 7.17. The number of hydrogen-bond acceptors (Lipinski definition) is 6. The van der Waals surface area contributed by atoms with Crippen molar-refractivity contribution in [1.29, 1.82) is 0 Å². The Morgan fingerprint density at radius 3 is 2.70 bits per heavy atom. The number of amides is 1. The van der Waals surface area contributed by atoms with E-state index in [4.69, 9.17) is 4.42 Å². The average molecular weight is 430 g/mol. The van der Waals surface area contributed by atoms with Gasteiger partial charge in [-0.1, -0.05) is 12.1 Å². The number of hydrogen-bond donors (Lipinski definition) is 1. The topological polar surface area (TPSA) is 117 Å². The van der Waals surface area contributed by atoms with Gasteiger partial charge in [-0.25, -0.2) is 13.4 Å². The molecule has 1 N–H and O–H groups in total. The van der Waals surface area contributed by atoms with Crippen molar-refractivity contribution >= 4 is 26.8 Å². The summed E-state index contributed by atoms with van der Waals surface area (Å²) in [5.41, 5.74) is 0.245. The van der Waals surface area contributed by atoms with Crippen molar-refractivity contribution in [3.63, 3.8) is 0 Å². The first-order chi connectivity index (χ1) is 14.3. The molecule has 1 aliphatic heterocycles. The Balaban J connectivity index is 1.57. The minimum atomic E-state index is -3.69. The Labute approximate surface area is 173 Å². The number of aromatic amines is 1. The number of para-hydroxylation sites is 1. The summed E-state index contributed by atoms with van der Waals surface area (Å²) >= 11 is 0. The minimum absolute atomic E-state index is 0.0124. The van der Waals surface area contributed by atoms with E-state index in [0.29, 0.717) is 29.8 Å². The summed E-state index contributed by atoms with van der Waals surface area (Å²) in [6.45, 7) is 2.50. The lowest BCUT2D eigenvalue weighted by Crippen LogP contribution is -2.29. The fourth-order valence-electron chi connectivity index (χ4n) is 3.59. The summed E-state index contributed by atoms with van der Waals surface area (Å²) in [4.78, 5) is 33.4. The molecule has 0 unspecified atom stereocenters. The highest BCUT2D eigenvalue weighted by molar-refractivity contribution is 7.89. The van der Waals surface area contributed by atoms with Gasteiger partial charge in [-0.3, -0.25) is 9.59 Å². The maximum absolute atomic E-state index is 12.8. The Morgan fingerprint density at radius 1 is 1.27 bits per heavy atom. The van der Waals surface area contributed by atoms with Crippen LogP contribution in [0.3, 0.4) is 0 Å². The van der Waals surface area contributed by atoms with Gasteiger partial charge in [0.05, 0.1) is 17.4 Å². The summed E-state index contributed by atoms with van der Waals surface area (Å²) in [7, 11) is -2.16. The van der Waals surface area contributed by atoms with Crippen molar-refractivity contribution in [2.24, 2.45) is 0 Å². The van der Waals surface area contributed by atoms with E-state index >= 15 is 0 Å². The van der Waals surface area contributed by atoms with Crippen LogP contribution in [0.2, 0.25) is 0 Å². The predicted molar refractivity (Wildman–Crippen MR) is 110 cm³/mol. The second-order valence-electron chi connectivity index (χ2n) is 7.33. The molecule has 0 radical (unpaired) electrons. The molecule has 10 heteroatoms. The van der Waals surface area contributed by atoms with E-state index in [2.05, 4.69) is 9.97 Å². The molecular weight excluding hydrogens is 408 g/mol. The van der Waals surface area contributed by atoms with Gasteiger partial charge in [-0.15, -0.1) is 0 Å². The van der Waals surface area contributed by atoms with Crippen LogP contribution in [0.4, 0.5) is 0 Å². The Morgan fingerprint density at radius 2 is 1.97 bits per heavy atom. The summed E-state index contributed by atoms with van der Waals surface area (Å²) in [5.74, 6) is -0.0775. The van der Waals surface area contributed by atoms with Crippen molar-refractivity contribution in [3.05, 3.63) is 58.0 Å². The van der Waals surface area contributed by atoms with Gasteiger partial charge in [0.15, 0.2) is 5.76 Å². The van der Waals surface area contributed by atoms with E-state index in [1.165, 1.54) is 29.2 Å². The molecule has 1 aromatic carbocycles. The zero-order chi connectivity index (χ0) is 21.5. The zero-order valence-corrected chi connectivity index (χ0v) is 17.5. The summed E-state index contributed by atoms with van der Waals surface area (Å²) < 4.78 is 32.5. The average Bonchev–Trinajstić information content (AvgIpc) is 3.38. The maximum Gasteiger partial charge on any atom is 0.289 e. The molecule has 3 heterocycles. The lowest BCUT2D eigenvalue weighted by molar-refractivity contribution is 0.0748. The number of H-pyrrole nitrogens is 1. The van der Waals surface area contributed by atoms with Gasteiger partial charge in [0.2, 0.25) is 10.0 Å². The Kier molecular flexibility index (Phi) is 5.20. The van der Waals surface area contributed by atoms with Crippen LogP contribution in [0.15, 0.2) is 44.4 Å².